The number of carbonyl (C=O) groups excluding carboxylic acids is 1. The van der Waals surface area contributed by atoms with Crippen molar-refractivity contribution in [3.05, 3.63) is 46.5 Å². The van der Waals surface area contributed by atoms with Crippen molar-refractivity contribution in [3.8, 4) is 17.2 Å². The van der Waals surface area contributed by atoms with Gasteiger partial charge in [-0.05, 0) is 6.07 Å². The summed E-state index contributed by atoms with van der Waals surface area (Å²) in [7, 11) is 0. The molecule has 5 N–H and O–H groups in total. The summed E-state index contributed by atoms with van der Waals surface area (Å²) < 4.78 is 0. The van der Waals surface area contributed by atoms with E-state index in [4.69, 9.17) is 0 Å². The smallest absolute Gasteiger partial charge is 0.323 e. The highest BCUT2D eigenvalue weighted by Crippen LogP contribution is 2.37. The Bertz CT molecular complexity index is 723. The topological polar surface area (TPSA) is 145 Å². The van der Waals surface area contributed by atoms with Gasteiger partial charge in [0, 0.05) is 18.2 Å². The number of hydrogen-bond donors (Lipinski definition) is 5. The van der Waals surface area contributed by atoms with Crippen LogP contribution < -0.4 is 10.6 Å². The third-order valence-corrected chi connectivity index (χ3v) is 2.68. The van der Waals surface area contributed by atoms with Gasteiger partial charge in [-0.25, -0.2) is 4.79 Å². The summed E-state index contributed by atoms with van der Waals surface area (Å²) in [5.41, 5.74) is -0.310. The molecule has 0 bridgehead atoms. The van der Waals surface area contributed by atoms with Crippen LogP contribution in [0.25, 0.3) is 0 Å². The molecule has 0 saturated carbocycles. The molecule has 0 aliphatic carbocycles. The average molecular weight is 305 g/mol. The maximum absolute atomic E-state index is 11.8. The first-order valence-electron chi connectivity index (χ1n) is 5.95. The second kappa shape index (κ2) is 5.87. The van der Waals surface area contributed by atoms with Crippen molar-refractivity contribution in [3.63, 3.8) is 0 Å². The van der Waals surface area contributed by atoms with E-state index in [9.17, 15) is 30.2 Å². The van der Waals surface area contributed by atoms with Crippen molar-refractivity contribution in [1.82, 2.24) is 0 Å². The van der Waals surface area contributed by atoms with Crippen LogP contribution in [-0.2, 0) is 0 Å². The fourth-order valence-electron chi connectivity index (χ4n) is 1.70. The number of aromatic hydroxyl groups is 3. The monoisotopic (exact) mass is 305 g/mol. The molecule has 0 fully saturated rings. The van der Waals surface area contributed by atoms with Gasteiger partial charge in [-0.3, -0.25) is 10.1 Å². The number of urea groups is 1. The van der Waals surface area contributed by atoms with E-state index in [1.165, 1.54) is 24.3 Å². The summed E-state index contributed by atoms with van der Waals surface area (Å²) in [5.74, 6) is -1.97. The first-order chi connectivity index (χ1) is 10.4. The molecule has 9 heteroatoms. The Balaban J connectivity index is 2.16. The second-order valence-corrected chi connectivity index (χ2v) is 4.22. The molecular weight excluding hydrogens is 294 g/mol. The van der Waals surface area contributed by atoms with Crippen LogP contribution in [0, 0.1) is 10.1 Å². The molecule has 114 valence electrons. The van der Waals surface area contributed by atoms with Crippen molar-refractivity contribution in [2.45, 2.75) is 0 Å². The van der Waals surface area contributed by atoms with E-state index in [-0.39, 0.29) is 17.1 Å². The molecule has 9 nitrogen and oxygen atoms in total. The Labute approximate surface area is 123 Å². The third kappa shape index (κ3) is 3.15. The lowest BCUT2D eigenvalue weighted by atomic mass is 10.2. The number of nitro groups is 1. The first-order valence-corrected chi connectivity index (χ1v) is 5.95. The number of benzene rings is 2. The van der Waals surface area contributed by atoms with Crippen molar-refractivity contribution < 1.29 is 25.0 Å². The maximum Gasteiger partial charge on any atom is 0.323 e. The van der Waals surface area contributed by atoms with Gasteiger partial charge < -0.3 is 26.0 Å². The molecule has 2 aromatic carbocycles. The second-order valence-electron chi connectivity index (χ2n) is 4.22. The number of amides is 2. The average Bonchev–Trinajstić information content (AvgIpc) is 2.44. The Morgan fingerprint density at radius 2 is 1.64 bits per heavy atom. The highest BCUT2D eigenvalue weighted by Gasteiger charge is 2.15. The van der Waals surface area contributed by atoms with Gasteiger partial charge >= 0.3 is 6.03 Å². The number of phenols is 3. The first kappa shape index (κ1) is 14.9. The predicted octanol–water partition coefficient (Wildman–Crippen LogP) is 2.36. The highest BCUT2D eigenvalue weighted by atomic mass is 16.6. The van der Waals surface area contributed by atoms with Crippen LogP contribution in [0.1, 0.15) is 0 Å². The Hall–Kier alpha value is -3.49. The number of nitrogens with one attached hydrogen (secondary N) is 2. The molecule has 0 aliphatic heterocycles. The van der Waals surface area contributed by atoms with Gasteiger partial charge in [0.05, 0.1) is 10.6 Å². The normalized spacial score (nSPS) is 10.0. The molecule has 0 saturated heterocycles. The van der Waals surface area contributed by atoms with E-state index in [0.29, 0.717) is 0 Å². The molecule has 0 radical (unpaired) electrons. The Morgan fingerprint density at radius 1 is 1.05 bits per heavy atom. The van der Waals surface area contributed by atoms with Gasteiger partial charge in [-0.1, -0.05) is 12.1 Å². The molecule has 0 spiro atoms. The van der Waals surface area contributed by atoms with Crippen molar-refractivity contribution in [2.75, 3.05) is 10.6 Å². The van der Waals surface area contributed by atoms with Crippen LogP contribution in [-0.4, -0.2) is 26.3 Å². The lowest BCUT2D eigenvalue weighted by Gasteiger charge is -2.09. The number of hydrogen-bond acceptors (Lipinski definition) is 6. The Kier molecular flexibility index (Phi) is 3.98. The van der Waals surface area contributed by atoms with E-state index >= 15 is 0 Å². The number of nitro benzene ring substituents is 1. The fourth-order valence-corrected chi connectivity index (χ4v) is 1.70. The number of rotatable bonds is 3. The van der Waals surface area contributed by atoms with E-state index < -0.39 is 28.2 Å². The molecule has 2 aromatic rings. The molecular formula is C13H11N3O6. The molecule has 2 amide bonds. The van der Waals surface area contributed by atoms with Gasteiger partial charge in [0.25, 0.3) is 5.69 Å². The number of anilines is 2. The number of para-hydroxylation sites is 2. The van der Waals surface area contributed by atoms with Crippen molar-refractivity contribution in [2.24, 2.45) is 0 Å². The minimum absolute atomic E-state index is 0.0103. The number of phenolic OH excluding ortho intramolecular Hbond substituents is 3. The van der Waals surface area contributed by atoms with Gasteiger partial charge in [-0.15, -0.1) is 0 Å². The van der Waals surface area contributed by atoms with E-state index in [1.54, 1.807) is 0 Å². The molecule has 0 aliphatic rings. The van der Waals surface area contributed by atoms with Gasteiger partial charge in [0.15, 0.2) is 17.2 Å². The van der Waals surface area contributed by atoms with Gasteiger partial charge in [0.2, 0.25) is 0 Å². The van der Waals surface area contributed by atoms with Crippen molar-refractivity contribution in [1.29, 1.82) is 0 Å². The minimum atomic E-state index is -0.821. The molecule has 0 aromatic heterocycles. The lowest BCUT2D eigenvalue weighted by Crippen LogP contribution is -2.20. The zero-order valence-corrected chi connectivity index (χ0v) is 11.0. The van der Waals surface area contributed by atoms with Gasteiger partial charge in [0.1, 0.15) is 5.69 Å². The van der Waals surface area contributed by atoms with E-state index in [2.05, 4.69) is 10.6 Å². The zero-order valence-electron chi connectivity index (χ0n) is 11.0. The molecule has 0 unspecified atom stereocenters. The summed E-state index contributed by atoms with van der Waals surface area (Å²) >= 11 is 0. The fraction of sp³-hybridized carbons (Fsp3) is 0. The lowest BCUT2D eigenvalue weighted by molar-refractivity contribution is -0.383. The molecule has 2 rings (SSSR count). The summed E-state index contributed by atoms with van der Waals surface area (Å²) in [5, 5.41) is 43.2. The zero-order chi connectivity index (χ0) is 16.3. The minimum Gasteiger partial charge on any atom is -0.504 e. The van der Waals surface area contributed by atoms with Crippen LogP contribution in [0.5, 0.6) is 17.2 Å². The summed E-state index contributed by atoms with van der Waals surface area (Å²) in [6.45, 7) is 0. The van der Waals surface area contributed by atoms with Crippen LogP contribution in [0.15, 0.2) is 36.4 Å². The van der Waals surface area contributed by atoms with Crippen LogP contribution >= 0.6 is 0 Å². The maximum atomic E-state index is 11.8. The number of carbonyl (C=O) groups is 1. The largest absolute Gasteiger partial charge is 0.504 e. The molecule has 22 heavy (non-hydrogen) atoms. The summed E-state index contributed by atoms with van der Waals surface area (Å²) in [4.78, 5) is 22.0. The summed E-state index contributed by atoms with van der Waals surface area (Å²) in [6, 6.07) is 6.75. The molecule has 0 heterocycles. The van der Waals surface area contributed by atoms with Crippen molar-refractivity contribution >= 4 is 23.1 Å². The number of nitrogens with zero attached hydrogens (tertiary/aromatic N) is 1. The highest BCUT2D eigenvalue weighted by molar-refractivity contribution is 6.01. The van der Waals surface area contributed by atoms with E-state index in [1.807, 2.05) is 0 Å². The standard InChI is InChI=1S/C13H11N3O6/c17-10-5-7(6-11(18)12(10)19)14-13(20)15-8-3-1-2-4-9(8)16(21)22/h1-6,17-19H,(H2,14,15,20). The Morgan fingerprint density at radius 3 is 2.23 bits per heavy atom. The third-order valence-electron chi connectivity index (χ3n) is 2.68. The van der Waals surface area contributed by atoms with Crippen LogP contribution in [0.2, 0.25) is 0 Å². The van der Waals surface area contributed by atoms with Gasteiger partial charge in [-0.2, -0.15) is 0 Å². The predicted molar refractivity (Wildman–Crippen MR) is 77.2 cm³/mol. The molecule has 0 atom stereocenters. The van der Waals surface area contributed by atoms with Crippen LogP contribution in [0.4, 0.5) is 21.9 Å². The SMILES string of the molecule is O=C(Nc1cc(O)c(O)c(O)c1)Nc1ccccc1[N+](=O)[O-]. The van der Waals surface area contributed by atoms with Crippen LogP contribution in [0.3, 0.4) is 0 Å². The summed E-state index contributed by atoms with van der Waals surface area (Å²) in [6.07, 6.45) is 0. The quantitative estimate of drug-likeness (QED) is 0.255. The van der Waals surface area contributed by atoms with E-state index in [0.717, 1.165) is 12.1 Å².